The molecule has 0 spiro atoms. The maximum atomic E-state index is 13.6. The molecule has 1 aromatic rings. The number of benzene rings is 1. The van der Waals surface area contributed by atoms with E-state index in [4.69, 9.17) is 4.74 Å². The normalized spacial score (nSPS) is 22.3. The van der Waals surface area contributed by atoms with Crippen LogP contribution in [0.2, 0.25) is 0 Å². The van der Waals surface area contributed by atoms with Crippen molar-refractivity contribution >= 4 is 0 Å². The van der Waals surface area contributed by atoms with Crippen LogP contribution in [0.1, 0.15) is 18.0 Å². The monoisotopic (exact) mass is 227 g/mol. The van der Waals surface area contributed by atoms with Gasteiger partial charge >= 0.3 is 0 Å². The van der Waals surface area contributed by atoms with Crippen molar-refractivity contribution in [3.8, 4) is 0 Å². The molecule has 0 amide bonds. The van der Waals surface area contributed by atoms with E-state index in [9.17, 15) is 8.78 Å². The van der Waals surface area contributed by atoms with Gasteiger partial charge in [0.15, 0.2) is 0 Å². The molecule has 2 rings (SSSR count). The van der Waals surface area contributed by atoms with Crippen LogP contribution in [0.15, 0.2) is 18.2 Å². The average Bonchev–Trinajstić information content (AvgIpc) is 2.75. The highest BCUT2D eigenvalue weighted by molar-refractivity contribution is 5.23. The van der Waals surface area contributed by atoms with E-state index in [1.807, 2.05) is 0 Å². The van der Waals surface area contributed by atoms with Crippen molar-refractivity contribution in [1.82, 2.24) is 5.32 Å². The van der Waals surface area contributed by atoms with E-state index in [1.165, 1.54) is 12.1 Å². The SMILES string of the molecule is CNC(c1ccc(F)cc1F)C1CCOC1. The minimum Gasteiger partial charge on any atom is -0.381 e. The highest BCUT2D eigenvalue weighted by Crippen LogP contribution is 2.30. The van der Waals surface area contributed by atoms with Crippen molar-refractivity contribution in [2.75, 3.05) is 20.3 Å². The van der Waals surface area contributed by atoms with Gasteiger partial charge in [-0.05, 0) is 19.5 Å². The van der Waals surface area contributed by atoms with E-state index in [-0.39, 0.29) is 12.0 Å². The molecule has 4 heteroatoms. The summed E-state index contributed by atoms with van der Waals surface area (Å²) in [6, 6.07) is 3.61. The fourth-order valence-electron chi connectivity index (χ4n) is 2.21. The van der Waals surface area contributed by atoms with Gasteiger partial charge in [0.1, 0.15) is 11.6 Å². The fraction of sp³-hybridized carbons (Fsp3) is 0.500. The molecule has 1 N–H and O–H groups in total. The van der Waals surface area contributed by atoms with Crippen molar-refractivity contribution in [2.24, 2.45) is 5.92 Å². The molecule has 1 fully saturated rings. The van der Waals surface area contributed by atoms with Crippen molar-refractivity contribution in [2.45, 2.75) is 12.5 Å². The van der Waals surface area contributed by atoms with Crippen molar-refractivity contribution in [3.63, 3.8) is 0 Å². The molecule has 0 radical (unpaired) electrons. The molecule has 2 atom stereocenters. The van der Waals surface area contributed by atoms with Gasteiger partial charge in [-0.3, -0.25) is 0 Å². The summed E-state index contributed by atoms with van der Waals surface area (Å²) in [5.74, 6) is -0.782. The maximum absolute atomic E-state index is 13.6. The van der Waals surface area contributed by atoms with Gasteiger partial charge in [-0.25, -0.2) is 8.78 Å². The molecule has 0 aromatic heterocycles. The minimum absolute atomic E-state index is 0.108. The zero-order valence-electron chi connectivity index (χ0n) is 9.17. The third-order valence-corrected chi connectivity index (χ3v) is 3.04. The third-order valence-electron chi connectivity index (χ3n) is 3.04. The second-order valence-corrected chi connectivity index (χ2v) is 4.06. The van der Waals surface area contributed by atoms with Crippen LogP contribution < -0.4 is 5.32 Å². The Morgan fingerprint density at radius 3 is 2.81 bits per heavy atom. The fourth-order valence-corrected chi connectivity index (χ4v) is 2.21. The first-order valence-corrected chi connectivity index (χ1v) is 5.42. The van der Waals surface area contributed by atoms with Crippen LogP contribution in [0.4, 0.5) is 8.78 Å². The van der Waals surface area contributed by atoms with E-state index in [1.54, 1.807) is 7.05 Å². The number of ether oxygens (including phenoxy) is 1. The standard InChI is InChI=1S/C12H15F2NO/c1-15-12(8-4-5-16-7-8)10-3-2-9(13)6-11(10)14/h2-3,6,8,12,15H,4-5,7H2,1H3. The molecular weight excluding hydrogens is 212 g/mol. The lowest BCUT2D eigenvalue weighted by molar-refractivity contribution is 0.177. The summed E-state index contributed by atoms with van der Waals surface area (Å²) in [5.41, 5.74) is 0.513. The summed E-state index contributed by atoms with van der Waals surface area (Å²) < 4.78 is 31.7. The van der Waals surface area contributed by atoms with Crippen LogP contribution in [0.5, 0.6) is 0 Å². The molecule has 16 heavy (non-hydrogen) atoms. The molecule has 1 aromatic carbocycles. The van der Waals surface area contributed by atoms with Crippen LogP contribution in [0.25, 0.3) is 0 Å². The van der Waals surface area contributed by atoms with Crippen LogP contribution in [-0.2, 0) is 4.74 Å². The van der Waals surface area contributed by atoms with Gasteiger partial charge in [0.2, 0.25) is 0 Å². The summed E-state index contributed by atoms with van der Waals surface area (Å²) in [6.45, 7) is 1.34. The number of hydrogen-bond acceptors (Lipinski definition) is 2. The summed E-state index contributed by atoms with van der Waals surface area (Å²) in [4.78, 5) is 0. The van der Waals surface area contributed by atoms with Gasteiger partial charge in [-0.1, -0.05) is 6.07 Å². The lowest BCUT2D eigenvalue weighted by Gasteiger charge is -2.22. The summed E-state index contributed by atoms with van der Waals surface area (Å²) in [6.07, 6.45) is 0.905. The number of rotatable bonds is 3. The Labute approximate surface area is 93.6 Å². The van der Waals surface area contributed by atoms with Gasteiger partial charge < -0.3 is 10.1 Å². The highest BCUT2D eigenvalue weighted by Gasteiger charge is 2.27. The van der Waals surface area contributed by atoms with E-state index in [0.717, 1.165) is 12.5 Å². The van der Waals surface area contributed by atoms with Gasteiger partial charge in [-0.15, -0.1) is 0 Å². The quantitative estimate of drug-likeness (QED) is 0.855. The second kappa shape index (κ2) is 4.89. The zero-order valence-corrected chi connectivity index (χ0v) is 9.17. The van der Waals surface area contributed by atoms with Crippen LogP contribution in [0, 0.1) is 17.6 Å². The maximum Gasteiger partial charge on any atom is 0.130 e. The van der Waals surface area contributed by atoms with Gasteiger partial charge in [0, 0.05) is 30.2 Å². The summed E-state index contributed by atoms with van der Waals surface area (Å²) >= 11 is 0. The molecule has 0 saturated carbocycles. The van der Waals surface area contributed by atoms with E-state index >= 15 is 0 Å². The van der Waals surface area contributed by atoms with Gasteiger partial charge in [0.05, 0.1) is 6.61 Å². The Bertz CT molecular complexity index is 364. The summed E-state index contributed by atoms with van der Waals surface area (Å²) in [5, 5.41) is 3.08. The molecule has 1 aliphatic heterocycles. The first-order valence-electron chi connectivity index (χ1n) is 5.42. The Balaban J connectivity index is 2.25. The third kappa shape index (κ3) is 2.23. The van der Waals surface area contributed by atoms with E-state index < -0.39 is 11.6 Å². The predicted octanol–water partition coefficient (Wildman–Crippen LogP) is 2.26. The predicted molar refractivity (Wildman–Crippen MR) is 57.1 cm³/mol. The Morgan fingerprint density at radius 2 is 2.25 bits per heavy atom. The van der Waals surface area contributed by atoms with Gasteiger partial charge in [-0.2, -0.15) is 0 Å². The number of nitrogens with one attached hydrogen (secondary N) is 1. The number of hydrogen-bond donors (Lipinski definition) is 1. The highest BCUT2D eigenvalue weighted by atomic mass is 19.1. The minimum atomic E-state index is -0.543. The topological polar surface area (TPSA) is 21.3 Å². The van der Waals surface area contributed by atoms with E-state index in [0.29, 0.717) is 18.8 Å². The Morgan fingerprint density at radius 1 is 1.44 bits per heavy atom. The first kappa shape index (κ1) is 11.5. The summed E-state index contributed by atoms with van der Waals surface area (Å²) in [7, 11) is 1.78. The van der Waals surface area contributed by atoms with E-state index in [2.05, 4.69) is 5.32 Å². The lowest BCUT2D eigenvalue weighted by atomic mass is 9.92. The molecule has 2 unspecified atom stereocenters. The molecule has 0 aliphatic carbocycles. The molecule has 1 saturated heterocycles. The van der Waals surface area contributed by atoms with Gasteiger partial charge in [0.25, 0.3) is 0 Å². The first-order chi connectivity index (χ1) is 7.72. The van der Waals surface area contributed by atoms with Crippen molar-refractivity contribution in [3.05, 3.63) is 35.4 Å². The smallest absolute Gasteiger partial charge is 0.130 e. The molecular formula is C12H15F2NO. The Hall–Kier alpha value is -1.00. The lowest BCUT2D eigenvalue weighted by Crippen LogP contribution is -2.26. The zero-order chi connectivity index (χ0) is 11.5. The molecule has 1 heterocycles. The molecule has 0 bridgehead atoms. The van der Waals surface area contributed by atoms with Crippen LogP contribution >= 0.6 is 0 Å². The van der Waals surface area contributed by atoms with Crippen molar-refractivity contribution in [1.29, 1.82) is 0 Å². The molecule has 1 aliphatic rings. The molecule has 2 nitrogen and oxygen atoms in total. The number of halogens is 2. The van der Waals surface area contributed by atoms with Crippen molar-refractivity contribution < 1.29 is 13.5 Å². The Kier molecular flexibility index (Phi) is 3.51. The van der Waals surface area contributed by atoms with Crippen LogP contribution in [-0.4, -0.2) is 20.3 Å². The molecule has 88 valence electrons. The average molecular weight is 227 g/mol. The van der Waals surface area contributed by atoms with Crippen LogP contribution in [0.3, 0.4) is 0 Å². The second-order valence-electron chi connectivity index (χ2n) is 4.06. The largest absolute Gasteiger partial charge is 0.381 e.